The second-order valence-electron chi connectivity index (χ2n) is 26.1. The van der Waals surface area contributed by atoms with E-state index in [0.717, 1.165) is 64.7 Å². The number of rotatable bonds is 22. The lowest BCUT2D eigenvalue weighted by atomic mass is 9.64. The number of ether oxygens (including phenoxy) is 1. The second kappa shape index (κ2) is 27.7. The van der Waals surface area contributed by atoms with Gasteiger partial charge in [-0.2, -0.15) is 15.3 Å². The highest BCUT2D eigenvalue weighted by Gasteiger charge is 2.53. The number of nitrogens with zero attached hydrogens (tertiary/aromatic N) is 7. The van der Waals surface area contributed by atoms with Gasteiger partial charge in [0, 0.05) is 46.6 Å². The van der Waals surface area contributed by atoms with Crippen LogP contribution in [0.3, 0.4) is 0 Å². The summed E-state index contributed by atoms with van der Waals surface area (Å²) in [6, 6.07) is 82.7. The Morgan fingerprint density at radius 3 is 1.62 bits per heavy atom. The molecule has 8 aromatic carbocycles. The minimum Gasteiger partial charge on any atom is -0.444 e. The monoisotopic (exact) mass is 1360 g/mol. The van der Waals surface area contributed by atoms with Gasteiger partial charge in [0.1, 0.15) is 35.2 Å². The summed E-state index contributed by atoms with van der Waals surface area (Å²) < 4.78 is 21.5. The first-order chi connectivity index (χ1) is 45.4. The van der Waals surface area contributed by atoms with Gasteiger partial charge >= 0.3 is 13.2 Å². The first kappa shape index (κ1) is 64.8. The van der Waals surface area contributed by atoms with E-state index in [0.29, 0.717) is 43.3 Å². The van der Waals surface area contributed by atoms with Crippen molar-refractivity contribution in [2.75, 3.05) is 25.0 Å². The van der Waals surface area contributed by atoms with E-state index < -0.39 is 47.0 Å². The Labute approximate surface area is 566 Å². The predicted octanol–water partition coefficient (Wildman–Crippen LogP) is 16.5. The minimum atomic E-state index is -0.962. The van der Waals surface area contributed by atoms with Crippen molar-refractivity contribution in [1.82, 2.24) is 24.6 Å². The fourth-order valence-electron chi connectivity index (χ4n) is 12.7. The molecule has 2 aliphatic heterocycles. The third-order valence-electron chi connectivity index (χ3n) is 18.1. The summed E-state index contributed by atoms with van der Waals surface area (Å²) in [6.45, 7) is 14.6. The molecule has 1 atom stereocenters. The molecule has 94 heavy (non-hydrogen) atoms. The van der Waals surface area contributed by atoms with E-state index in [4.69, 9.17) is 34.4 Å². The zero-order valence-electron chi connectivity index (χ0n) is 54.3. The average Bonchev–Trinajstić information content (AvgIpc) is 1.35. The van der Waals surface area contributed by atoms with E-state index in [-0.39, 0.29) is 19.0 Å². The molecule has 2 aliphatic rings. The number of pyridine rings is 1. The van der Waals surface area contributed by atoms with Crippen LogP contribution < -0.4 is 10.8 Å². The highest BCUT2D eigenvalue weighted by molar-refractivity contribution is 14.1. The van der Waals surface area contributed by atoms with Crippen molar-refractivity contribution >= 4 is 62.3 Å². The van der Waals surface area contributed by atoms with Crippen molar-refractivity contribution in [2.45, 2.75) is 102 Å². The van der Waals surface area contributed by atoms with Gasteiger partial charge in [-0.1, -0.05) is 243 Å². The summed E-state index contributed by atoms with van der Waals surface area (Å²) in [5, 5.41) is 19.4. The van der Waals surface area contributed by atoms with Crippen LogP contribution in [0.5, 0.6) is 0 Å². The number of hydrogen-bond acceptors (Lipinski definition) is 10. The zero-order chi connectivity index (χ0) is 65.5. The van der Waals surface area contributed by atoms with Crippen molar-refractivity contribution in [3.63, 3.8) is 0 Å². The minimum absolute atomic E-state index is 0.0170. The second-order valence-corrected chi connectivity index (χ2v) is 27.3. The van der Waals surface area contributed by atoms with Crippen LogP contribution >= 0.6 is 22.6 Å². The van der Waals surface area contributed by atoms with E-state index in [1.54, 1.807) is 6.20 Å². The van der Waals surface area contributed by atoms with Crippen LogP contribution in [0, 0.1) is 0 Å². The Balaban J connectivity index is 0.932. The van der Waals surface area contributed by atoms with Gasteiger partial charge in [-0.25, -0.2) is 9.78 Å². The molecule has 1 N–H and O–H groups in total. The van der Waals surface area contributed by atoms with Gasteiger partial charge in [0.25, 0.3) is 0 Å². The number of aromatic nitrogens is 3. The van der Waals surface area contributed by atoms with Crippen LogP contribution in [-0.4, -0.2) is 80.1 Å². The number of carbonyl (C=O) groups is 2. The molecule has 0 aliphatic carbocycles. The van der Waals surface area contributed by atoms with Crippen LogP contribution in [-0.2, 0) is 49.3 Å². The standard InChI is InChI=1S/C79H78BIN8O5/c1-75(2,3)92-74(91)88(56-70(90)87(48-46-57-30-15-8-16-31-57)53-58-32-29-33-59(50-58)54-89-55-66(52-82-89)80-93-76(4,5)77(6,7)94-80)49-47-68(81)67-51-69(84-79(63-40-23-12-24-41-63,64-42-25-13-26-43-64)65-44-27-14-28-45-65)83-72-71(67)85-86-73(72)78(60-34-17-9-18-35-60,61-36-19-10-20-37-61)62-38-21-11-22-39-62/h8-45,47,50-52,55,73H,46,48-49,53-54,56H2,1-7H3,(H,83,84)/b68-47-. The van der Waals surface area contributed by atoms with Gasteiger partial charge in [-0.3, -0.25) is 14.4 Å². The number of hydrogen-bond donors (Lipinski definition) is 1. The summed E-state index contributed by atoms with van der Waals surface area (Å²) in [5.74, 6) is 0.335. The number of azo groups is 1. The van der Waals surface area contributed by atoms with E-state index in [1.807, 2.05) is 143 Å². The van der Waals surface area contributed by atoms with Gasteiger partial charge in [-0.05, 0) is 134 Å². The zero-order valence-corrected chi connectivity index (χ0v) is 56.4. The topological polar surface area (TPSA) is 136 Å². The number of carbonyl (C=O) groups excluding carboxylic acids is 2. The SMILES string of the molecule is CC(C)(C)OC(=O)N(C/C=C(\I)c1cc(NC(c2ccccc2)(c2ccccc2)c2ccccc2)nc2c1N=NC2C(c1ccccc1)(c1ccccc1)c1ccccc1)CC(=O)N(CCc1ccccc1)Cc1cccc(Cn2cc(B3OC(C)(C)C(C)(C)O3)cn2)c1. The normalized spacial score (nSPS) is 15.1. The molecule has 2 aromatic heterocycles. The quantitative estimate of drug-likeness (QED) is 0.0403. The highest BCUT2D eigenvalue weighted by Crippen LogP contribution is 2.56. The van der Waals surface area contributed by atoms with Crippen molar-refractivity contribution in [1.29, 1.82) is 0 Å². The van der Waals surface area contributed by atoms with Crippen LogP contribution in [0.1, 0.15) is 116 Å². The van der Waals surface area contributed by atoms with Crippen molar-refractivity contribution in [3.05, 3.63) is 322 Å². The fraction of sp³-hybridized carbons (Fsp3) is 0.241. The number of anilines is 1. The lowest BCUT2D eigenvalue weighted by molar-refractivity contribution is -0.132. The third-order valence-corrected chi connectivity index (χ3v) is 19.1. The molecule has 0 spiro atoms. The van der Waals surface area contributed by atoms with E-state index in [9.17, 15) is 4.79 Å². The number of benzene rings is 8. The van der Waals surface area contributed by atoms with Gasteiger partial charge in [0.15, 0.2) is 0 Å². The molecule has 15 heteroatoms. The number of fused-ring (bicyclic) bond motifs is 1. The summed E-state index contributed by atoms with van der Waals surface area (Å²) in [4.78, 5) is 39.1. The molecule has 1 unspecified atom stereocenters. The van der Waals surface area contributed by atoms with Crippen molar-refractivity contribution < 1.29 is 23.6 Å². The average molecular weight is 1360 g/mol. The van der Waals surface area contributed by atoms with Crippen molar-refractivity contribution in [3.8, 4) is 0 Å². The molecule has 474 valence electrons. The number of amides is 2. The Hall–Kier alpha value is -9.29. The van der Waals surface area contributed by atoms with Crippen molar-refractivity contribution in [2.24, 2.45) is 10.2 Å². The largest absolute Gasteiger partial charge is 0.498 e. The molecular formula is C79H78BIN8O5. The highest BCUT2D eigenvalue weighted by atomic mass is 127. The molecule has 10 aromatic rings. The van der Waals surface area contributed by atoms with E-state index in [2.05, 4.69) is 198 Å². The van der Waals surface area contributed by atoms with Crippen LogP contribution in [0.15, 0.2) is 271 Å². The molecule has 4 heterocycles. The lowest BCUT2D eigenvalue weighted by Crippen LogP contribution is -2.45. The number of nitrogens with one attached hydrogen (secondary N) is 1. The molecule has 12 rings (SSSR count). The molecule has 1 saturated heterocycles. The fourth-order valence-corrected chi connectivity index (χ4v) is 13.3. The Morgan fingerprint density at radius 2 is 1.11 bits per heavy atom. The molecule has 0 radical (unpaired) electrons. The molecule has 2 amide bonds. The first-order valence-corrected chi connectivity index (χ1v) is 33.2. The third kappa shape index (κ3) is 13.8. The van der Waals surface area contributed by atoms with Gasteiger partial charge in [0.05, 0.1) is 28.9 Å². The maximum atomic E-state index is 15.3. The predicted molar refractivity (Wildman–Crippen MR) is 382 cm³/mol. The summed E-state index contributed by atoms with van der Waals surface area (Å²) in [5.41, 5.74) is 8.25. The van der Waals surface area contributed by atoms with Gasteiger partial charge < -0.3 is 24.3 Å². The van der Waals surface area contributed by atoms with E-state index in [1.165, 1.54) is 4.90 Å². The molecule has 13 nitrogen and oxygen atoms in total. The Kier molecular flexibility index (Phi) is 19.1. The summed E-state index contributed by atoms with van der Waals surface area (Å²) >= 11 is 2.35. The maximum Gasteiger partial charge on any atom is 0.498 e. The molecule has 1 fully saturated rings. The van der Waals surface area contributed by atoms with Crippen LogP contribution in [0.2, 0.25) is 0 Å². The van der Waals surface area contributed by atoms with Crippen LogP contribution in [0.25, 0.3) is 3.58 Å². The Morgan fingerprint density at radius 1 is 0.628 bits per heavy atom. The van der Waals surface area contributed by atoms with Gasteiger partial charge in [-0.15, -0.1) is 0 Å². The van der Waals surface area contributed by atoms with E-state index >= 15 is 4.79 Å². The molecular weight excluding hydrogens is 1280 g/mol. The Bertz CT molecular complexity index is 4080. The van der Waals surface area contributed by atoms with Gasteiger partial charge in [0.2, 0.25) is 5.91 Å². The summed E-state index contributed by atoms with van der Waals surface area (Å²) in [7, 11) is -0.530. The first-order valence-electron chi connectivity index (χ1n) is 32.1. The number of halogens is 1. The smallest absolute Gasteiger partial charge is 0.444 e. The van der Waals surface area contributed by atoms with Crippen LogP contribution in [0.4, 0.5) is 16.3 Å². The summed E-state index contributed by atoms with van der Waals surface area (Å²) in [6.07, 6.45) is 5.72. The molecule has 0 saturated carbocycles. The maximum absolute atomic E-state index is 15.3. The molecule has 0 bridgehead atoms. The lowest BCUT2D eigenvalue weighted by Gasteiger charge is -2.39.